The van der Waals surface area contributed by atoms with Crippen molar-refractivity contribution in [1.29, 1.82) is 0 Å². The van der Waals surface area contributed by atoms with Crippen LogP contribution in [0.2, 0.25) is 0 Å². The molecular formula is C27H24BrN7O3. The maximum Gasteiger partial charge on any atom is 0.248 e. The Morgan fingerprint density at radius 1 is 1.29 bits per heavy atom. The summed E-state index contributed by atoms with van der Waals surface area (Å²) >= 11 is 3.33. The zero-order valence-corrected chi connectivity index (χ0v) is 22.3. The maximum atomic E-state index is 14.1. The number of aromatic nitrogens is 4. The summed E-state index contributed by atoms with van der Waals surface area (Å²) in [6.07, 6.45) is 2.34. The Hall–Kier alpha value is -4.17. The van der Waals surface area contributed by atoms with E-state index in [0.29, 0.717) is 45.9 Å². The number of halogens is 1. The molecule has 0 unspecified atom stereocenters. The van der Waals surface area contributed by atoms with E-state index in [1.54, 1.807) is 30.2 Å². The number of nitrogens with two attached hydrogens (primary N) is 1. The van der Waals surface area contributed by atoms with Crippen molar-refractivity contribution in [2.24, 2.45) is 5.41 Å². The molecule has 0 radical (unpaired) electrons. The Kier molecular flexibility index (Phi) is 5.72. The van der Waals surface area contributed by atoms with E-state index in [9.17, 15) is 9.59 Å². The summed E-state index contributed by atoms with van der Waals surface area (Å²) in [4.78, 5) is 42.2. The third kappa shape index (κ3) is 3.83. The number of carbonyl (C=O) groups is 2. The molecule has 1 saturated heterocycles. The van der Waals surface area contributed by atoms with Gasteiger partial charge in [0.1, 0.15) is 46.5 Å². The number of carbonyl (C=O) groups excluding carboxylic acids is 2. The highest BCUT2D eigenvalue weighted by Gasteiger charge is 2.54. The van der Waals surface area contributed by atoms with E-state index in [0.717, 1.165) is 10.9 Å². The van der Waals surface area contributed by atoms with Gasteiger partial charge in [-0.25, -0.2) is 15.0 Å². The van der Waals surface area contributed by atoms with Gasteiger partial charge in [0.05, 0.1) is 29.5 Å². The predicted molar refractivity (Wildman–Crippen MR) is 146 cm³/mol. The summed E-state index contributed by atoms with van der Waals surface area (Å²) < 4.78 is 7.83. The van der Waals surface area contributed by atoms with Crippen LogP contribution in [0.25, 0.3) is 21.9 Å². The normalized spacial score (nSPS) is 21.8. The van der Waals surface area contributed by atoms with Gasteiger partial charge in [-0.1, -0.05) is 12.0 Å². The van der Waals surface area contributed by atoms with Crippen LogP contribution in [0.15, 0.2) is 47.3 Å². The average Bonchev–Trinajstić information content (AvgIpc) is 3.51. The molecule has 0 spiro atoms. The van der Waals surface area contributed by atoms with Crippen LogP contribution in [-0.2, 0) is 16.1 Å². The molecule has 0 bridgehead atoms. The average molecular weight is 574 g/mol. The van der Waals surface area contributed by atoms with Crippen LogP contribution in [0, 0.1) is 17.3 Å². The lowest BCUT2D eigenvalue weighted by molar-refractivity contribution is -0.139. The molecule has 1 aromatic carbocycles. The number of hydrogen-bond acceptors (Lipinski definition) is 7. The Balaban J connectivity index is 1.38. The van der Waals surface area contributed by atoms with Crippen molar-refractivity contribution in [1.82, 2.24) is 24.4 Å². The summed E-state index contributed by atoms with van der Waals surface area (Å²) in [7, 11) is 1.59. The molecule has 1 fully saturated rings. The molecule has 3 aromatic heterocycles. The zero-order valence-electron chi connectivity index (χ0n) is 20.7. The lowest BCUT2D eigenvalue weighted by Crippen LogP contribution is -2.48. The Morgan fingerprint density at radius 3 is 2.92 bits per heavy atom. The summed E-state index contributed by atoms with van der Waals surface area (Å²) in [5, 5.41) is 4.31. The summed E-state index contributed by atoms with van der Waals surface area (Å²) in [5.41, 5.74) is 7.07. The molecular weight excluding hydrogens is 550 g/mol. The number of rotatable bonds is 5. The van der Waals surface area contributed by atoms with Gasteiger partial charge in [0.2, 0.25) is 11.8 Å². The molecule has 6 rings (SSSR count). The number of nitrogens with zero attached hydrogens (tertiary/aromatic N) is 5. The van der Waals surface area contributed by atoms with E-state index >= 15 is 0 Å². The largest absolute Gasteiger partial charge is 0.497 e. The fourth-order valence-electron chi connectivity index (χ4n) is 5.64. The van der Waals surface area contributed by atoms with E-state index in [2.05, 4.69) is 48.0 Å². The second-order valence-electron chi connectivity index (χ2n) is 9.72. The van der Waals surface area contributed by atoms with Gasteiger partial charge in [0.15, 0.2) is 0 Å². The standard InChI is InChI=1S/C27H24BrN7O3/c1-27-10-4-5-19(27)35(18(12-27)26(37)33-21-7-3-6-20(28)32-21)22(36)13-34-17-9-8-15(38-2)11-16(17)23-24(29)30-14-31-25(23)34/h3,6-9,11,14,18-19H,5,12-13H2,1-2H3,(H2,29,30,31)(H,32,33,37)/t18-,19+,27+/m0/s1. The first-order valence-corrected chi connectivity index (χ1v) is 12.9. The first-order valence-electron chi connectivity index (χ1n) is 12.1. The number of anilines is 2. The second kappa shape index (κ2) is 8.99. The Labute approximate surface area is 226 Å². The van der Waals surface area contributed by atoms with Crippen LogP contribution in [0.5, 0.6) is 5.75 Å². The maximum absolute atomic E-state index is 14.1. The first kappa shape index (κ1) is 24.2. The van der Waals surface area contributed by atoms with Crippen LogP contribution < -0.4 is 15.8 Å². The van der Waals surface area contributed by atoms with Crippen LogP contribution >= 0.6 is 15.9 Å². The van der Waals surface area contributed by atoms with Crippen LogP contribution in [0.4, 0.5) is 11.6 Å². The van der Waals surface area contributed by atoms with Crippen molar-refractivity contribution >= 4 is 61.3 Å². The van der Waals surface area contributed by atoms with Crippen LogP contribution in [0.3, 0.4) is 0 Å². The third-order valence-electron chi connectivity index (χ3n) is 7.42. The van der Waals surface area contributed by atoms with Gasteiger partial charge in [-0.15, -0.1) is 5.92 Å². The molecule has 1 aliphatic heterocycles. The number of likely N-dealkylation sites (tertiary alicyclic amines) is 1. The smallest absolute Gasteiger partial charge is 0.248 e. The molecule has 38 heavy (non-hydrogen) atoms. The van der Waals surface area contributed by atoms with Gasteiger partial charge in [0, 0.05) is 11.8 Å². The van der Waals surface area contributed by atoms with Crippen molar-refractivity contribution in [2.75, 3.05) is 18.2 Å². The van der Waals surface area contributed by atoms with E-state index in [4.69, 9.17) is 10.5 Å². The summed E-state index contributed by atoms with van der Waals surface area (Å²) in [5.74, 6) is 7.30. The molecule has 4 aromatic rings. The number of nitrogens with one attached hydrogen (secondary N) is 1. The third-order valence-corrected chi connectivity index (χ3v) is 7.86. The number of pyridine rings is 1. The minimum atomic E-state index is -0.694. The SMILES string of the molecule is COc1ccc2c(c1)c1c(N)ncnc1n2CC(=O)N1[C@H](C(=O)Nc2cccc(Br)n2)C[C@@]2(C)C#CC[C@@H]12. The van der Waals surface area contributed by atoms with Crippen molar-refractivity contribution in [3.8, 4) is 17.6 Å². The number of fused-ring (bicyclic) bond motifs is 4. The van der Waals surface area contributed by atoms with Gasteiger partial charge < -0.3 is 25.3 Å². The molecule has 2 amide bonds. The number of methoxy groups -OCH3 is 1. The van der Waals surface area contributed by atoms with E-state index in [-0.39, 0.29) is 24.4 Å². The van der Waals surface area contributed by atoms with Crippen molar-refractivity contribution in [2.45, 2.75) is 38.4 Å². The van der Waals surface area contributed by atoms with Gasteiger partial charge in [-0.05, 0) is 59.6 Å². The number of hydrogen-bond donors (Lipinski definition) is 2. The molecule has 4 heterocycles. The van der Waals surface area contributed by atoms with E-state index < -0.39 is 11.5 Å². The lowest BCUT2D eigenvalue weighted by Gasteiger charge is -2.30. The Bertz CT molecular complexity index is 1690. The summed E-state index contributed by atoms with van der Waals surface area (Å²) in [6, 6.07) is 9.91. The van der Waals surface area contributed by atoms with Crippen molar-refractivity contribution < 1.29 is 14.3 Å². The van der Waals surface area contributed by atoms with Crippen LogP contribution in [0.1, 0.15) is 19.8 Å². The van der Waals surface area contributed by atoms with Gasteiger partial charge in [0.25, 0.3) is 0 Å². The second-order valence-corrected chi connectivity index (χ2v) is 10.5. The topological polar surface area (TPSA) is 128 Å². The number of nitrogen functional groups attached to an aromatic ring is 1. The monoisotopic (exact) mass is 573 g/mol. The predicted octanol–water partition coefficient (Wildman–Crippen LogP) is 3.35. The molecule has 11 heteroatoms. The zero-order chi connectivity index (χ0) is 26.6. The van der Waals surface area contributed by atoms with Crippen LogP contribution in [-0.4, -0.2) is 55.4 Å². The quantitative estimate of drug-likeness (QED) is 0.276. The van der Waals surface area contributed by atoms with E-state index in [1.165, 1.54) is 6.33 Å². The summed E-state index contributed by atoms with van der Waals surface area (Å²) in [6.45, 7) is 1.98. The minimum Gasteiger partial charge on any atom is -0.497 e. The highest BCUT2D eigenvalue weighted by molar-refractivity contribution is 9.10. The molecule has 192 valence electrons. The number of ether oxygens (including phenoxy) is 1. The molecule has 0 saturated carbocycles. The molecule has 1 aliphatic carbocycles. The molecule has 10 nitrogen and oxygen atoms in total. The molecule has 3 atom stereocenters. The highest BCUT2D eigenvalue weighted by atomic mass is 79.9. The molecule has 3 N–H and O–H groups in total. The highest BCUT2D eigenvalue weighted by Crippen LogP contribution is 2.45. The van der Waals surface area contributed by atoms with Crippen molar-refractivity contribution in [3.05, 3.63) is 47.3 Å². The lowest BCUT2D eigenvalue weighted by atomic mass is 9.84. The minimum absolute atomic E-state index is 0.0335. The van der Waals surface area contributed by atoms with Gasteiger partial charge in [-0.2, -0.15) is 0 Å². The number of benzene rings is 1. The van der Waals surface area contributed by atoms with Crippen molar-refractivity contribution in [3.63, 3.8) is 0 Å². The fraction of sp³-hybridized carbons (Fsp3) is 0.296. The van der Waals surface area contributed by atoms with E-state index in [1.807, 2.05) is 29.7 Å². The van der Waals surface area contributed by atoms with Gasteiger partial charge >= 0.3 is 0 Å². The molecule has 2 aliphatic rings. The Morgan fingerprint density at radius 2 is 2.13 bits per heavy atom. The number of amides is 2. The first-order chi connectivity index (χ1) is 18.3. The fourth-order valence-corrected chi connectivity index (χ4v) is 5.99. The van der Waals surface area contributed by atoms with Gasteiger partial charge in [-0.3, -0.25) is 9.59 Å².